The standard InChI is InChI=1S/C21H31N3O/c1-2-17(10-13-25)15-22-16-19-14-18-8-4-5-9-20(18)23-21(19)24-11-6-3-7-12-24/h4-5,8-9,14,17,22,25H,2-3,6-7,10-13,15-16H2,1H3/t17-/m0/s1. The van der Waals surface area contributed by atoms with Crippen molar-refractivity contribution in [1.29, 1.82) is 0 Å². The molecule has 1 aromatic heterocycles. The van der Waals surface area contributed by atoms with Gasteiger partial charge in [0.25, 0.3) is 0 Å². The van der Waals surface area contributed by atoms with Crippen molar-refractivity contribution in [2.24, 2.45) is 5.92 Å². The Balaban J connectivity index is 1.78. The van der Waals surface area contributed by atoms with E-state index in [4.69, 9.17) is 4.98 Å². The van der Waals surface area contributed by atoms with Gasteiger partial charge in [0.2, 0.25) is 0 Å². The van der Waals surface area contributed by atoms with Crippen molar-refractivity contribution in [1.82, 2.24) is 10.3 Å². The summed E-state index contributed by atoms with van der Waals surface area (Å²) in [6, 6.07) is 10.7. The van der Waals surface area contributed by atoms with Gasteiger partial charge in [0.15, 0.2) is 0 Å². The van der Waals surface area contributed by atoms with E-state index >= 15 is 0 Å². The Hall–Kier alpha value is -1.65. The van der Waals surface area contributed by atoms with Crippen molar-refractivity contribution in [3.05, 3.63) is 35.9 Å². The van der Waals surface area contributed by atoms with Crippen LogP contribution >= 0.6 is 0 Å². The van der Waals surface area contributed by atoms with Gasteiger partial charge >= 0.3 is 0 Å². The highest BCUT2D eigenvalue weighted by Gasteiger charge is 2.17. The highest BCUT2D eigenvalue weighted by Crippen LogP contribution is 2.26. The van der Waals surface area contributed by atoms with E-state index in [9.17, 15) is 5.11 Å². The Morgan fingerprint density at radius 1 is 1.20 bits per heavy atom. The molecule has 2 N–H and O–H groups in total. The molecule has 0 radical (unpaired) electrons. The summed E-state index contributed by atoms with van der Waals surface area (Å²) in [5, 5.41) is 14.0. The lowest BCUT2D eigenvalue weighted by Gasteiger charge is -2.30. The number of nitrogens with zero attached hydrogens (tertiary/aromatic N) is 2. The molecule has 0 aliphatic carbocycles. The number of rotatable bonds is 8. The molecule has 0 amide bonds. The number of nitrogens with one attached hydrogen (secondary N) is 1. The molecule has 25 heavy (non-hydrogen) atoms. The Morgan fingerprint density at radius 2 is 2.00 bits per heavy atom. The lowest BCUT2D eigenvalue weighted by atomic mass is 10.0. The molecule has 2 aromatic rings. The maximum Gasteiger partial charge on any atom is 0.133 e. The number of anilines is 1. The van der Waals surface area contributed by atoms with E-state index in [-0.39, 0.29) is 6.61 Å². The second-order valence-corrected chi connectivity index (χ2v) is 7.13. The van der Waals surface area contributed by atoms with E-state index in [1.165, 1.54) is 30.2 Å². The summed E-state index contributed by atoms with van der Waals surface area (Å²) >= 11 is 0. The third kappa shape index (κ3) is 4.71. The molecular weight excluding hydrogens is 310 g/mol. The van der Waals surface area contributed by atoms with Crippen LogP contribution in [0.5, 0.6) is 0 Å². The van der Waals surface area contributed by atoms with Gasteiger partial charge in [-0.1, -0.05) is 31.5 Å². The third-order valence-corrected chi connectivity index (χ3v) is 5.30. The van der Waals surface area contributed by atoms with Crippen molar-refractivity contribution in [3.63, 3.8) is 0 Å². The first-order valence-electron chi connectivity index (χ1n) is 9.77. The highest BCUT2D eigenvalue weighted by molar-refractivity contribution is 5.81. The summed E-state index contributed by atoms with van der Waals surface area (Å²) in [7, 11) is 0. The lowest BCUT2D eigenvalue weighted by Crippen LogP contribution is -2.32. The molecule has 3 rings (SSSR count). The first kappa shape index (κ1) is 18.2. The molecule has 0 bridgehead atoms. The van der Waals surface area contributed by atoms with Crippen molar-refractivity contribution in [2.45, 2.75) is 45.6 Å². The van der Waals surface area contributed by atoms with Gasteiger partial charge in [0, 0.05) is 37.2 Å². The fraction of sp³-hybridized carbons (Fsp3) is 0.571. The average molecular weight is 341 g/mol. The fourth-order valence-electron chi connectivity index (χ4n) is 3.70. The summed E-state index contributed by atoms with van der Waals surface area (Å²) in [5.41, 5.74) is 2.37. The van der Waals surface area contributed by atoms with Crippen LogP contribution < -0.4 is 10.2 Å². The molecule has 1 saturated heterocycles. The fourth-order valence-corrected chi connectivity index (χ4v) is 3.70. The Bertz CT molecular complexity index is 667. The zero-order valence-electron chi connectivity index (χ0n) is 15.4. The lowest BCUT2D eigenvalue weighted by molar-refractivity contribution is 0.251. The number of para-hydroxylation sites is 1. The molecule has 4 heteroatoms. The van der Waals surface area contributed by atoms with E-state index in [0.717, 1.165) is 50.4 Å². The number of piperidine rings is 1. The SMILES string of the molecule is CC[C@@H](CCO)CNCc1cc2ccccc2nc1N1CCCCC1. The summed E-state index contributed by atoms with van der Waals surface area (Å²) in [5.74, 6) is 1.69. The average Bonchev–Trinajstić information content (AvgIpc) is 2.67. The number of aromatic nitrogens is 1. The van der Waals surface area contributed by atoms with Gasteiger partial charge in [0.1, 0.15) is 5.82 Å². The molecule has 136 valence electrons. The van der Waals surface area contributed by atoms with Gasteiger partial charge in [0.05, 0.1) is 5.52 Å². The van der Waals surface area contributed by atoms with Crippen LogP contribution in [0.25, 0.3) is 10.9 Å². The molecule has 1 atom stereocenters. The van der Waals surface area contributed by atoms with E-state index in [0.29, 0.717) is 5.92 Å². The Kier molecular flexibility index (Phi) is 6.65. The number of pyridine rings is 1. The first-order valence-corrected chi connectivity index (χ1v) is 9.77. The molecule has 4 nitrogen and oxygen atoms in total. The zero-order valence-corrected chi connectivity index (χ0v) is 15.4. The van der Waals surface area contributed by atoms with Gasteiger partial charge < -0.3 is 15.3 Å². The normalized spacial score (nSPS) is 16.3. The van der Waals surface area contributed by atoms with E-state index in [1.807, 2.05) is 0 Å². The number of aliphatic hydroxyl groups excluding tert-OH is 1. The quantitative estimate of drug-likeness (QED) is 0.768. The van der Waals surface area contributed by atoms with E-state index in [2.05, 4.69) is 47.5 Å². The van der Waals surface area contributed by atoms with Crippen LogP contribution in [0.3, 0.4) is 0 Å². The molecule has 1 aliphatic heterocycles. The number of fused-ring (bicyclic) bond motifs is 1. The van der Waals surface area contributed by atoms with Gasteiger partial charge in [-0.3, -0.25) is 0 Å². The predicted molar refractivity (Wildman–Crippen MR) is 105 cm³/mol. The van der Waals surface area contributed by atoms with Gasteiger partial charge in [-0.15, -0.1) is 0 Å². The van der Waals surface area contributed by atoms with Crippen LogP contribution in [-0.2, 0) is 6.54 Å². The largest absolute Gasteiger partial charge is 0.396 e. The molecule has 1 aromatic carbocycles. The maximum atomic E-state index is 9.17. The molecule has 0 spiro atoms. The Labute approximate surface area is 151 Å². The van der Waals surface area contributed by atoms with Crippen LogP contribution in [0.2, 0.25) is 0 Å². The number of aliphatic hydroxyl groups is 1. The van der Waals surface area contributed by atoms with Crippen LogP contribution in [0, 0.1) is 5.92 Å². The zero-order chi connectivity index (χ0) is 17.5. The maximum absolute atomic E-state index is 9.17. The first-order chi connectivity index (χ1) is 12.3. The van der Waals surface area contributed by atoms with Crippen molar-refractivity contribution in [2.75, 3.05) is 31.1 Å². The summed E-state index contributed by atoms with van der Waals surface area (Å²) < 4.78 is 0. The highest BCUT2D eigenvalue weighted by atomic mass is 16.3. The van der Waals surface area contributed by atoms with Crippen LogP contribution in [0.1, 0.15) is 44.6 Å². The molecule has 0 saturated carbocycles. The molecule has 1 fully saturated rings. The second kappa shape index (κ2) is 9.16. The smallest absolute Gasteiger partial charge is 0.133 e. The predicted octanol–water partition coefficient (Wildman–Crippen LogP) is 3.72. The molecule has 1 aliphatic rings. The monoisotopic (exact) mass is 341 g/mol. The second-order valence-electron chi connectivity index (χ2n) is 7.13. The third-order valence-electron chi connectivity index (χ3n) is 5.30. The topological polar surface area (TPSA) is 48.4 Å². The molecular formula is C21H31N3O. The summed E-state index contributed by atoms with van der Waals surface area (Å²) in [4.78, 5) is 7.46. The molecule has 0 unspecified atom stereocenters. The van der Waals surface area contributed by atoms with Crippen LogP contribution in [0.4, 0.5) is 5.82 Å². The van der Waals surface area contributed by atoms with E-state index in [1.54, 1.807) is 0 Å². The van der Waals surface area contributed by atoms with Gasteiger partial charge in [-0.2, -0.15) is 0 Å². The van der Waals surface area contributed by atoms with Gasteiger partial charge in [-0.05, 0) is 50.3 Å². The minimum Gasteiger partial charge on any atom is -0.396 e. The number of hydrogen-bond acceptors (Lipinski definition) is 4. The van der Waals surface area contributed by atoms with Crippen LogP contribution in [-0.4, -0.2) is 36.3 Å². The minimum atomic E-state index is 0.275. The van der Waals surface area contributed by atoms with Crippen LogP contribution in [0.15, 0.2) is 30.3 Å². The number of benzene rings is 1. The summed E-state index contributed by atoms with van der Waals surface area (Å²) in [6.45, 7) is 6.48. The van der Waals surface area contributed by atoms with Crippen molar-refractivity contribution < 1.29 is 5.11 Å². The Morgan fingerprint density at radius 3 is 2.76 bits per heavy atom. The molecule has 2 heterocycles. The minimum absolute atomic E-state index is 0.275. The van der Waals surface area contributed by atoms with Crippen molar-refractivity contribution >= 4 is 16.7 Å². The van der Waals surface area contributed by atoms with Crippen molar-refractivity contribution in [3.8, 4) is 0 Å². The summed E-state index contributed by atoms with van der Waals surface area (Å²) in [6.07, 6.45) is 5.82. The van der Waals surface area contributed by atoms with Gasteiger partial charge in [-0.25, -0.2) is 4.98 Å². The van der Waals surface area contributed by atoms with E-state index < -0.39 is 0 Å². The number of hydrogen-bond donors (Lipinski definition) is 2.